The Labute approximate surface area is 172 Å². The van der Waals surface area contributed by atoms with Gasteiger partial charge in [0.15, 0.2) is 0 Å². The summed E-state index contributed by atoms with van der Waals surface area (Å²) in [5.41, 5.74) is 0.953. The summed E-state index contributed by atoms with van der Waals surface area (Å²) in [4.78, 5) is 12.7. The number of anilines is 1. The number of para-hydroxylation sites is 1. The van der Waals surface area contributed by atoms with Crippen LogP contribution in [0.2, 0.25) is 0 Å². The molecule has 2 aromatic carbocycles. The summed E-state index contributed by atoms with van der Waals surface area (Å²) < 4.78 is 27.6. The van der Waals surface area contributed by atoms with Crippen LogP contribution < -0.4 is 14.9 Å². The monoisotopic (exact) mass is 423 g/mol. The summed E-state index contributed by atoms with van der Waals surface area (Å²) in [6.07, 6.45) is 1.94. The lowest BCUT2D eigenvalue weighted by Gasteiger charge is -2.24. The zero-order valence-corrected chi connectivity index (χ0v) is 17.4. The molecule has 1 amide bonds. The van der Waals surface area contributed by atoms with Crippen molar-refractivity contribution >= 4 is 34.0 Å². The molecule has 152 valence electrons. The van der Waals surface area contributed by atoms with Crippen molar-refractivity contribution in [2.45, 2.75) is 30.7 Å². The van der Waals surface area contributed by atoms with Gasteiger partial charge in [-0.1, -0.05) is 24.3 Å². The van der Waals surface area contributed by atoms with Crippen LogP contribution in [0.4, 0.5) is 5.69 Å². The zero-order chi connectivity index (χ0) is 19.3. The molecule has 2 N–H and O–H groups in total. The molecule has 0 unspecified atom stereocenters. The maximum atomic E-state index is 13.1. The van der Waals surface area contributed by atoms with Crippen molar-refractivity contribution in [3.8, 4) is 0 Å². The van der Waals surface area contributed by atoms with E-state index in [-0.39, 0.29) is 29.3 Å². The number of hydrogen-bond donors (Lipinski definition) is 2. The molecule has 1 fully saturated rings. The van der Waals surface area contributed by atoms with Crippen LogP contribution in [0, 0.1) is 0 Å². The molecule has 1 atom stereocenters. The second kappa shape index (κ2) is 9.91. The minimum absolute atomic E-state index is 0. The number of halogens is 1. The van der Waals surface area contributed by atoms with Gasteiger partial charge in [0.1, 0.15) is 0 Å². The van der Waals surface area contributed by atoms with E-state index in [9.17, 15) is 13.2 Å². The first-order valence-corrected chi connectivity index (χ1v) is 10.7. The van der Waals surface area contributed by atoms with Gasteiger partial charge in [0.25, 0.3) is 15.9 Å². The standard InChI is InChI=1S/C20H25N3O3S.ClH/c1-2-23(18-10-4-3-5-11-18)27(25,26)19-12-6-8-16(14-19)20(24)22-17-9-7-13-21-15-17;/h3-6,8,10-12,14,17,21H,2,7,9,13,15H2,1H3,(H,22,24);1H/t17-;/m0./s1. The van der Waals surface area contributed by atoms with Crippen LogP contribution in [0.5, 0.6) is 0 Å². The molecular formula is C20H26ClN3O3S. The second-order valence-corrected chi connectivity index (χ2v) is 8.41. The Bertz CT molecular complexity index is 885. The van der Waals surface area contributed by atoms with E-state index in [4.69, 9.17) is 0 Å². The Hall–Kier alpha value is -2.09. The fourth-order valence-corrected chi connectivity index (χ4v) is 4.77. The summed E-state index contributed by atoms with van der Waals surface area (Å²) in [6, 6.07) is 15.3. The van der Waals surface area contributed by atoms with Crippen molar-refractivity contribution in [3.05, 3.63) is 60.2 Å². The third-order valence-electron chi connectivity index (χ3n) is 4.65. The molecule has 28 heavy (non-hydrogen) atoms. The molecule has 2 aromatic rings. The largest absolute Gasteiger partial charge is 0.348 e. The minimum Gasteiger partial charge on any atom is -0.348 e. The second-order valence-electron chi connectivity index (χ2n) is 6.55. The SMILES string of the molecule is CCN(c1ccccc1)S(=O)(=O)c1cccc(C(=O)N[C@H]2CCCNC2)c1.Cl. The van der Waals surface area contributed by atoms with Crippen LogP contribution in [0.25, 0.3) is 0 Å². The highest BCUT2D eigenvalue weighted by molar-refractivity contribution is 7.92. The van der Waals surface area contributed by atoms with E-state index in [0.29, 0.717) is 17.8 Å². The first-order valence-electron chi connectivity index (χ1n) is 9.22. The molecule has 1 aliphatic heterocycles. The average Bonchev–Trinajstić information content (AvgIpc) is 2.70. The summed E-state index contributed by atoms with van der Waals surface area (Å²) in [7, 11) is -3.75. The minimum atomic E-state index is -3.75. The van der Waals surface area contributed by atoms with E-state index in [1.54, 1.807) is 43.3 Å². The highest BCUT2D eigenvalue weighted by atomic mass is 35.5. The van der Waals surface area contributed by atoms with E-state index >= 15 is 0 Å². The molecule has 3 rings (SSSR count). The molecule has 1 aliphatic rings. The highest BCUT2D eigenvalue weighted by Gasteiger charge is 2.25. The molecule has 1 saturated heterocycles. The quantitative estimate of drug-likeness (QED) is 0.748. The van der Waals surface area contributed by atoms with E-state index in [1.165, 1.54) is 16.4 Å². The highest BCUT2D eigenvalue weighted by Crippen LogP contribution is 2.23. The van der Waals surface area contributed by atoms with Gasteiger partial charge in [-0.2, -0.15) is 0 Å². The Balaban J connectivity index is 0.00000280. The lowest BCUT2D eigenvalue weighted by atomic mass is 10.1. The number of sulfonamides is 1. The summed E-state index contributed by atoms with van der Waals surface area (Å²) in [5, 5.41) is 6.23. The molecule has 0 bridgehead atoms. The molecule has 8 heteroatoms. The van der Waals surface area contributed by atoms with Crippen LogP contribution in [-0.2, 0) is 10.0 Å². The predicted molar refractivity (Wildman–Crippen MR) is 114 cm³/mol. The van der Waals surface area contributed by atoms with E-state index in [2.05, 4.69) is 10.6 Å². The molecule has 6 nitrogen and oxygen atoms in total. The fourth-order valence-electron chi connectivity index (χ4n) is 3.25. The summed E-state index contributed by atoms with van der Waals surface area (Å²) in [5.74, 6) is -0.247. The average molecular weight is 424 g/mol. The Morgan fingerprint density at radius 1 is 1.18 bits per heavy atom. The first kappa shape index (κ1) is 22.2. The smallest absolute Gasteiger partial charge is 0.264 e. The van der Waals surface area contributed by atoms with Gasteiger partial charge >= 0.3 is 0 Å². The van der Waals surface area contributed by atoms with Crippen molar-refractivity contribution in [2.75, 3.05) is 23.9 Å². The Morgan fingerprint density at radius 3 is 2.57 bits per heavy atom. The maximum Gasteiger partial charge on any atom is 0.264 e. The van der Waals surface area contributed by atoms with Gasteiger partial charge < -0.3 is 10.6 Å². The van der Waals surface area contributed by atoms with Crippen LogP contribution in [0.15, 0.2) is 59.5 Å². The van der Waals surface area contributed by atoms with Gasteiger partial charge in [0.05, 0.1) is 10.6 Å². The molecule has 0 saturated carbocycles. The molecule has 0 aromatic heterocycles. The van der Waals surface area contributed by atoms with E-state index in [1.807, 2.05) is 6.07 Å². The van der Waals surface area contributed by atoms with Crippen LogP contribution in [0.3, 0.4) is 0 Å². The first-order chi connectivity index (χ1) is 13.0. The van der Waals surface area contributed by atoms with E-state index < -0.39 is 10.0 Å². The van der Waals surface area contributed by atoms with Crippen molar-refractivity contribution < 1.29 is 13.2 Å². The molecular weight excluding hydrogens is 398 g/mol. The van der Waals surface area contributed by atoms with Crippen LogP contribution in [-0.4, -0.2) is 40.0 Å². The van der Waals surface area contributed by atoms with Gasteiger partial charge in [0.2, 0.25) is 0 Å². The number of carbonyl (C=O) groups is 1. The normalized spacial score (nSPS) is 16.7. The lowest BCUT2D eigenvalue weighted by molar-refractivity contribution is 0.0930. The molecule has 0 aliphatic carbocycles. The number of nitrogens with one attached hydrogen (secondary N) is 2. The summed E-state index contributed by atoms with van der Waals surface area (Å²) in [6.45, 7) is 3.79. The zero-order valence-electron chi connectivity index (χ0n) is 15.8. The molecule has 1 heterocycles. The maximum absolute atomic E-state index is 13.1. The molecule has 0 spiro atoms. The van der Waals surface area contributed by atoms with Crippen molar-refractivity contribution in [3.63, 3.8) is 0 Å². The van der Waals surface area contributed by atoms with Crippen molar-refractivity contribution in [2.24, 2.45) is 0 Å². The van der Waals surface area contributed by atoms with Gasteiger partial charge in [-0.05, 0) is 56.6 Å². The van der Waals surface area contributed by atoms with Gasteiger partial charge in [-0.25, -0.2) is 8.42 Å². The number of rotatable bonds is 6. The molecule has 0 radical (unpaired) electrons. The number of nitrogens with zero attached hydrogens (tertiary/aromatic N) is 1. The Morgan fingerprint density at radius 2 is 1.93 bits per heavy atom. The van der Waals surface area contributed by atoms with Gasteiger partial charge in [-0.3, -0.25) is 9.10 Å². The number of carbonyl (C=O) groups excluding carboxylic acids is 1. The van der Waals surface area contributed by atoms with Crippen LogP contribution >= 0.6 is 12.4 Å². The third kappa shape index (κ3) is 5.04. The Kier molecular flexibility index (Phi) is 7.86. The summed E-state index contributed by atoms with van der Waals surface area (Å²) >= 11 is 0. The van der Waals surface area contributed by atoms with Crippen LogP contribution in [0.1, 0.15) is 30.1 Å². The van der Waals surface area contributed by atoms with Crippen molar-refractivity contribution in [1.82, 2.24) is 10.6 Å². The topological polar surface area (TPSA) is 78.5 Å². The third-order valence-corrected chi connectivity index (χ3v) is 6.55. The fraction of sp³-hybridized carbons (Fsp3) is 0.350. The van der Waals surface area contributed by atoms with E-state index in [0.717, 1.165) is 25.9 Å². The number of hydrogen-bond acceptors (Lipinski definition) is 4. The number of amides is 1. The predicted octanol–water partition coefficient (Wildman–Crippen LogP) is 2.81. The van der Waals surface area contributed by atoms with Gasteiger partial charge in [-0.15, -0.1) is 12.4 Å². The number of benzene rings is 2. The lowest BCUT2D eigenvalue weighted by Crippen LogP contribution is -2.45. The van der Waals surface area contributed by atoms with Gasteiger partial charge in [0, 0.05) is 24.7 Å². The van der Waals surface area contributed by atoms with Crippen molar-refractivity contribution in [1.29, 1.82) is 0 Å². The number of piperidine rings is 1.